The minimum atomic E-state index is 0.736. The SMILES string of the molecule is CC=C1OCCC1CCCCCCCCCC. The molecule has 0 amide bonds. The maximum atomic E-state index is 5.60. The van der Waals surface area contributed by atoms with Gasteiger partial charge in [0.05, 0.1) is 12.4 Å². The lowest BCUT2D eigenvalue weighted by molar-refractivity contribution is 0.257. The van der Waals surface area contributed by atoms with Gasteiger partial charge >= 0.3 is 0 Å². The summed E-state index contributed by atoms with van der Waals surface area (Å²) in [6.07, 6.45) is 16.1. The molecule has 0 aromatic rings. The molecule has 1 saturated heterocycles. The number of ether oxygens (including phenoxy) is 1. The molecule has 1 aliphatic heterocycles. The van der Waals surface area contributed by atoms with Gasteiger partial charge in [-0.25, -0.2) is 0 Å². The molecule has 0 N–H and O–H groups in total. The molecule has 1 rings (SSSR count). The van der Waals surface area contributed by atoms with Crippen molar-refractivity contribution in [3.05, 3.63) is 11.8 Å². The molecular formula is C16H30O. The van der Waals surface area contributed by atoms with Crippen LogP contribution >= 0.6 is 0 Å². The highest BCUT2D eigenvalue weighted by molar-refractivity contribution is 5.00. The Labute approximate surface area is 108 Å². The minimum absolute atomic E-state index is 0.736. The fraction of sp³-hybridized carbons (Fsp3) is 0.875. The lowest BCUT2D eigenvalue weighted by atomic mass is 9.97. The van der Waals surface area contributed by atoms with Gasteiger partial charge in [-0.3, -0.25) is 0 Å². The van der Waals surface area contributed by atoms with Crippen LogP contribution in [0.3, 0.4) is 0 Å². The van der Waals surface area contributed by atoms with Crippen molar-refractivity contribution in [2.45, 2.75) is 78.1 Å². The van der Waals surface area contributed by atoms with Gasteiger partial charge in [0.15, 0.2) is 0 Å². The lowest BCUT2D eigenvalue weighted by Crippen LogP contribution is -1.97. The number of hydrogen-bond donors (Lipinski definition) is 0. The molecular weight excluding hydrogens is 208 g/mol. The normalized spacial score (nSPS) is 22.0. The Morgan fingerprint density at radius 2 is 1.71 bits per heavy atom. The standard InChI is InChI=1S/C16H30O/c1-3-5-6-7-8-9-10-11-12-15-13-14-17-16(15)4-2/h4,15H,3,5-14H2,1-2H3. The van der Waals surface area contributed by atoms with Crippen LogP contribution < -0.4 is 0 Å². The third kappa shape index (κ3) is 6.14. The number of unbranched alkanes of at least 4 members (excludes halogenated alkanes) is 7. The van der Waals surface area contributed by atoms with Crippen LogP contribution in [0.1, 0.15) is 78.1 Å². The van der Waals surface area contributed by atoms with Crippen LogP contribution in [-0.4, -0.2) is 6.61 Å². The molecule has 0 aromatic carbocycles. The second kappa shape index (κ2) is 9.56. The molecule has 1 fully saturated rings. The molecule has 17 heavy (non-hydrogen) atoms. The fourth-order valence-electron chi connectivity index (χ4n) is 2.71. The average molecular weight is 238 g/mol. The molecule has 0 bridgehead atoms. The van der Waals surface area contributed by atoms with E-state index in [9.17, 15) is 0 Å². The molecule has 1 heteroatoms. The van der Waals surface area contributed by atoms with Crippen molar-refractivity contribution in [3.63, 3.8) is 0 Å². The maximum Gasteiger partial charge on any atom is 0.0949 e. The van der Waals surface area contributed by atoms with Gasteiger partial charge in [-0.15, -0.1) is 0 Å². The first-order valence-corrected chi connectivity index (χ1v) is 7.67. The van der Waals surface area contributed by atoms with Crippen LogP contribution in [0.15, 0.2) is 11.8 Å². The molecule has 0 spiro atoms. The Morgan fingerprint density at radius 3 is 2.35 bits per heavy atom. The van der Waals surface area contributed by atoms with Gasteiger partial charge in [-0.1, -0.05) is 58.3 Å². The van der Waals surface area contributed by atoms with E-state index in [0.29, 0.717) is 0 Å². The predicted octanol–water partition coefficient (Wildman–Crippen LogP) is 5.46. The van der Waals surface area contributed by atoms with Gasteiger partial charge in [0, 0.05) is 5.92 Å². The highest BCUT2D eigenvalue weighted by Crippen LogP contribution is 2.29. The summed E-state index contributed by atoms with van der Waals surface area (Å²) in [4.78, 5) is 0. The minimum Gasteiger partial charge on any atom is -0.498 e. The second-order valence-electron chi connectivity index (χ2n) is 5.29. The van der Waals surface area contributed by atoms with E-state index in [4.69, 9.17) is 4.74 Å². The highest BCUT2D eigenvalue weighted by Gasteiger charge is 2.20. The third-order valence-corrected chi connectivity index (χ3v) is 3.83. The summed E-state index contributed by atoms with van der Waals surface area (Å²) in [6, 6.07) is 0. The van der Waals surface area contributed by atoms with E-state index in [2.05, 4.69) is 19.9 Å². The Hall–Kier alpha value is -0.460. The van der Waals surface area contributed by atoms with Crippen LogP contribution in [-0.2, 0) is 4.74 Å². The van der Waals surface area contributed by atoms with Crippen molar-refractivity contribution in [1.82, 2.24) is 0 Å². The van der Waals surface area contributed by atoms with Crippen LogP contribution in [0.5, 0.6) is 0 Å². The zero-order valence-electron chi connectivity index (χ0n) is 11.8. The summed E-state index contributed by atoms with van der Waals surface area (Å²) < 4.78 is 5.60. The van der Waals surface area contributed by atoms with E-state index in [1.54, 1.807) is 0 Å². The summed E-state index contributed by atoms with van der Waals surface area (Å²) in [5.41, 5.74) is 0. The number of rotatable bonds is 9. The molecule has 1 aliphatic rings. The van der Waals surface area contributed by atoms with Crippen molar-refractivity contribution in [2.24, 2.45) is 5.92 Å². The van der Waals surface area contributed by atoms with Crippen molar-refractivity contribution < 1.29 is 4.74 Å². The monoisotopic (exact) mass is 238 g/mol. The predicted molar refractivity (Wildman–Crippen MR) is 75.0 cm³/mol. The van der Waals surface area contributed by atoms with Gasteiger partial charge in [-0.05, 0) is 25.8 Å². The summed E-state index contributed by atoms with van der Waals surface area (Å²) in [7, 11) is 0. The van der Waals surface area contributed by atoms with Gasteiger partial charge in [0.2, 0.25) is 0 Å². The molecule has 0 aromatic heterocycles. The van der Waals surface area contributed by atoms with E-state index in [1.165, 1.54) is 70.0 Å². The van der Waals surface area contributed by atoms with E-state index in [1.807, 2.05) is 0 Å². The summed E-state index contributed by atoms with van der Waals surface area (Å²) in [6.45, 7) is 5.32. The lowest BCUT2D eigenvalue weighted by Gasteiger charge is -2.09. The van der Waals surface area contributed by atoms with Crippen LogP contribution in [0.25, 0.3) is 0 Å². The van der Waals surface area contributed by atoms with Crippen LogP contribution in [0.2, 0.25) is 0 Å². The zero-order valence-corrected chi connectivity index (χ0v) is 11.8. The summed E-state index contributed by atoms with van der Waals surface area (Å²) >= 11 is 0. The second-order valence-corrected chi connectivity index (χ2v) is 5.29. The number of hydrogen-bond acceptors (Lipinski definition) is 1. The first-order chi connectivity index (χ1) is 8.38. The largest absolute Gasteiger partial charge is 0.498 e. The van der Waals surface area contributed by atoms with Gasteiger partial charge in [0.25, 0.3) is 0 Å². The quantitative estimate of drug-likeness (QED) is 0.485. The van der Waals surface area contributed by atoms with Crippen molar-refractivity contribution in [3.8, 4) is 0 Å². The Morgan fingerprint density at radius 1 is 1.06 bits per heavy atom. The van der Waals surface area contributed by atoms with E-state index in [-0.39, 0.29) is 0 Å². The van der Waals surface area contributed by atoms with Crippen LogP contribution in [0, 0.1) is 5.92 Å². The Balaban J connectivity index is 1.90. The van der Waals surface area contributed by atoms with E-state index in [0.717, 1.165) is 12.5 Å². The molecule has 100 valence electrons. The molecule has 1 nitrogen and oxygen atoms in total. The highest BCUT2D eigenvalue weighted by atomic mass is 16.5. The summed E-state index contributed by atoms with van der Waals surface area (Å²) in [5.74, 6) is 1.99. The maximum absolute atomic E-state index is 5.60. The molecule has 0 aliphatic carbocycles. The van der Waals surface area contributed by atoms with Crippen molar-refractivity contribution in [1.29, 1.82) is 0 Å². The molecule has 1 heterocycles. The fourth-order valence-corrected chi connectivity index (χ4v) is 2.71. The topological polar surface area (TPSA) is 9.23 Å². The molecule has 0 radical (unpaired) electrons. The Bertz CT molecular complexity index is 208. The molecule has 1 atom stereocenters. The van der Waals surface area contributed by atoms with Crippen molar-refractivity contribution >= 4 is 0 Å². The van der Waals surface area contributed by atoms with Crippen molar-refractivity contribution in [2.75, 3.05) is 6.61 Å². The first kappa shape index (κ1) is 14.6. The zero-order chi connectivity index (χ0) is 12.3. The number of allylic oxidation sites excluding steroid dienone is 2. The van der Waals surface area contributed by atoms with E-state index < -0.39 is 0 Å². The van der Waals surface area contributed by atoms with Gasteiger partial charge in [-0.2, -0.15) is 0 Å². The third-order valence-electron chi connectivity index (χ3n) is 3.83. The first-order valence-electron chi connectivity index (χ1n) is 7.67. The molecule has 0 saturated carbocycles. The van der Waals surface area contributed by atoms with Gasteiger partial charge < -0.3 is 4.74 Å². The van der Waals surface area contributed by atoms with E-state index >= 15 is 0 Å². The smallest absolute Gasteiger partial charge is 0.0949 e. The Kier molecular flexibility index (Phi) is 8.21. The average Bonchev–Trinajstić information content (AvgIpc) is 2.80. The summed E-state index contributed by atoms with van der Waals surface area (Å²) in [5, 5.41) is 0. The van der Waals surface area contributed by atoms with Crippen LogP contribution in [0.4, 0.5) is 0 Å². The molecule has 1 unspecified atom stereocenters. The van der Waals surface area contributed by atoms with Gasteiger partial charge in [0.1, 0.15) is 0 Å².